The van der Waals surface area contributed by atoms with Gasteiger partial charge >= 0.3 is 0 Å². The molecule has 0 bridgehead atoms. The summed E-state index contributed by atoms with van der Waals surface area (Å²) in [6.07, 6.45) is 1.16. The highest BCUT2D eigenvalue weighted by molar-refractivity contribution is 6.39. The SMILES string of the molecule is Nc1c(Cl)cc(Nc2ccc([N+](=O)[O-])cn2)cc1Cl. The van der Waals surface area contributed by atoms with Gasteiger partial charge in [0.15, 0.2) is 0 Å². The van der Waals surface area contributed by atoms with Gasteiger partial charge in [0.05, 0.1) is 20.7 Å². The van der Waals surface area contributed by atoms with Crippen LogP contribution in [-0.2, 0) is 0 Å². The lowest BCUT2D eigenvalue weighted by atomic mass is 10.2. The van der Waals surface area contributed by atoms with Gasteiger partial charge in [0.2, 0.25) is 0 Å². The molecule has 0 aliphatic rings. The first kappa shape index (κ1) is 13.4. The second-order valence-corrected chi connectivity index (χ2v) is 4.45. The number of hydrogen-bond donors (Lipinski definition) is 2. The Bertz CT molecular complexity index is 608. The maximum absolute atomic E-state index is 10.5. The molecule has 0 radical (unpaired) electrons. The van der Waals surface area contributed by atoms with E-state index in [0.717, 1.165) is 6.20 Å². The van der Waals surface area contributed by atoms with Gasteiger partial charge in [-0.05, 0) is 18.2 Å². The van der Waals surface area contributed by atoms with Crippen LogP contribution >= 0.6 is 23.2 Å². The lowest BCUT2D eigenvalue weighted by molar-refractivity contribution is -0.385. The molecule has 1 heterocycles. The Morgan fingerprint density at radius 3 is 2.37 bits per heavy atom. The Kier molecular flexibility index (Phi) is 3.73. The van der Waals surface area contributed by atoms with Gasteiger partial charge in [-0.2, -0.15) is 0 Å². The molecule has 1 aromatic carbocycles. The van der Waals surface area contributed by atoms with Crippen LogP contribution in [0, 0.1) is 10.1 Å². The molecule has 6 nitrogen and oxygen atoms in total. The monoisotopic (exact) mass is 298 g/mol. The number of anilines is 3. The molecule has 0 aliphatic heterocycles. The van der Waals surface area contributed by atoms with Crippen molar-refractivity contribution in [3.63, 3.8) is 0 Å². The molecule has 8 heteroatoms. The van der Waals surface area contributed by atoms with Crippen molar-refractivity contribution in [2.75, 3.05) is 11.1 Å². The largest absolute Gasteiger partial charge is 0.396 e. The minimum Gasteiger partial charge on any atom is -0.396 e. The summed E-state index contributed by atoms with van der Waals surface area (Å²) in [4.78, 5) is 13.9. The van der Waals surface area contributed by atoms with Crippen molar-refractivity contribution >= 4 is 46.1 Å². The molecule has 0 unspecified atom stereocenters. The summed E-state index contributed by atoms with van der Waals surface area (Å²) in [5, 5.41) is 14.0. The van der Waals surface area contributed by atoms with Gasteiger partial charge in [-0.25, -0.2) is 4.98 Å². The van der Waals surface area contributed by atoms with Crippen molar-refractivity contribution in [3.05, 3.63) is 50.6 Å². The van der Waals surface area contributed by atoms with E-state index in [-0.39, 0.29) is 5.69 Å². The van der Waals surface area contributed by atoms with Crippen molar-refractivity contribution in [2.45, 2.75) is 0 Å². The molecule has 98 valence electrons. The summed E-state index contributed by atoms with van der Waals surface area (Å²) < 4.78 is 0. The summed E-state index contributed by atoms with van der Waals surface area (Å²) in [7, 11) is 0. The number of aromatic nitrogens is 1. The van der Waals surface area contributed by atoms with Crippen LogP contribution in [-0.4, -0.2) is 9.91 Å². The van der Waals surface area contributed by atoms with Crippen molar-refractivity contribution < 1.29 is 4.92 Å². The number of hydrogen-bond acceptors (Lipinski definition) is 5. The Labute approximate surface area is 118 Å². The fourth-order valence-corrected chi connectivity index (χ4v) is 1.86. The van der Waals surface area contributed by atoms with E-state index in [1.54, 1.807) is 12.1 Å². The Morgan fingerprint density at radius 2 is 1.89 bits per heavy atom. The molecular weight excluding hydrogens is 291 g/mol. The molecule has 0 aliphatic carbocycles. The van der Waals surface area contributed by atoms with Crippen molar-refractivity contribution in [2.24, 2.45) is 0 Å². The second-order valence-electron chi connectivity index (χ2n) is 3.64. The van der Waals surface area contributed by atoms with Crippen molar-refractivity contribution in [1.82, 2.24) is 4.98 Å². The van der Waals surface area contributed by atoms with E-state index in [0.29, 0.717) is 27.2 Å². The van der Waals surface area contributed by atoms with Gasteiger partial charge in [0.25, 0.3) is 5.69 Å². The fourth-order valence-electron chi connectivity index (χ4n) is 1.37. The lowest BCUT2D eigenvalue weighted by Gasteiger charge is -2.08. The lowest BCUT2D eigenvalue weighted by Crippen LogP contribution is -1.96. The predicted molar refractivity (Wildman–Crippen MR) is 75.0 cm³/mol. The minimum atomic E-state index is -0.520. The third kappa shape index (κ3) is 3.04. The van der Waals surface area contributed by atoms with E-state index in [4.69, 9.17) is 28.9 Å². The zero-order valence-corrected chi connectivity index (χ0v) is 10.9. The van der Waals surface area contributed by atoms with Crippen molar-refractivity contribution in [1.29, 1.82) is 0 Å². The molecule has 0 atom stereocenters. The summed E-state index contributed by atoms with van der Waals surface area (Å²) in [5.41, 5.74) is 6.42. The van der Waals surface area contributed by atoms with E-state index >= 15 is 0 Å². The van der Waals surface area contributed by atoms with E-state index in [1.165, 1.54) is 12.1 Å². The quantitative estimate of drug-likeness (QED) is 0.513. The third-order valence-electron chi connectivity index (χ3n) is 2.31. The van der Waals surface area contributed by atoms with Crippen LogP contribution in [0.3, 0.4) is 0 Å². The number of nitro groups is 1. The van der Waals surface area contributed by atoms with E-state index < -0.39 is 4.92 Å². The second kappa shape index (κ2) is 5.29. The summed E-state index contributed by atoms with van der Waals surface area (Å²) >= 11 is 11.8. The van der Waals surface area contributed by atoms with Crippen LogP contribution in [0.1, 0.15) is 0 Å². The summed E-state index contributed by atoms with van der Waals surface area (Å²) in [6, 6.07) is 6.00. The summed E-state index contributed by atoms with van der Waals surface area (Å²) in [5.74, 6) is 0.433. The number of pyridine rings is 1. The highest BCUT2D eigenvalue weighted by Crippen LogP contribution is 2.32. The molecule has 2 rings (SSSR count). The number of nitrogens with one attached hydrogen (secondary N) is 1. The first-order chi connectivity index (χ1) is 8.97. The molecular formula is C11H8Cl2N4O2. The molecule has 19 heavy (non-hydrogen) atoms. The van der Waals surface area contributed by atoms with Gasteiger partial charge in [0.1, 0.15) is 12.0 Å². The maximum Gasteiger partial charge on any atom is 0.287 e. The van der Waals surface area contributed by atoms with Crippen molar-refractivity contribution in [3.8, 4) is 0 Å². The first-order valence-electron chi connectivity index (χ1n) is 5.09. The van der Waals surface area contributed by atoms with Gasteiger partial charge in [0, 0.05) is 11.8 Å². The Balaban J connectivity index is 2.24. The zero-order chi connectivity index (χ0) is 14.0. The average Bonchev–Trinajstić information content (AvgIpc) is 2.36. The third-order valence-corrected chi connectivity index (χ3v) is 2.94. The van der Waals surface area contributed by atoms with Crippen LogP contribution in [0.25, 0.3) is 0 Å². The standard InChI is InChI=1S/C11H8Cl2N4O2/c12-8-3-6(4-9(13)11(8)14)16-10-2-1-7(5-15-10)17(18)19/h1-5H,14H2,(H,15,16). The van der Waals surface area contributed by atoms with Crippen LogP contribution < -0.4 is 11.1 Å². The number of rotatable bonds is 3. The maximum atomic E-state index is 10.5. The molecule has 0 saturated heterocycles. The highest BCUT2D eigenvalue weighted by atomic mass is 35.5. The van der Waals surface area contributed by atoms with Gasteiger partial charge < -0.3 is 11.1 Å². The highest BCUT2D eigenvalue weighted by Gasteiger charge is 2.08. The Hall–Kier alpha value is -2.05. The normalized spacial score (nSPS) is 10.2. The smallest absolute Gasteiger partial charge is 0.287 e. The van der Waals surface area contributed by atoms with Crippen LogP contribution in [0.5, 0.6) is 0 Å². The average molecular weight is 299 g/mol. The summed E-state index contributed by atoms with van der Waals surface area (Å²) in [6.45, 7) is 0. The van der Waals surface area contributed by atoms with Gasteiger partial charge in [-0.1, -0.05) is 23.2 Å². The molecule has 0 spiro atoms. The van der Waals surface area contributed by atoms with Gasteiger partial charge in [-0.3, -0.25) is 10.1 Å². The number of benzene rings is 1. The van der Waals surface area contributed by atoms with Crippen LogP contribution in [0.4, 0.5) is 22.9 Å². The molecule has 0 saturated carbocycles. The van der Waals surface area contributed by atoms with E-state index in [2.05, 4.69) is 10.3 Å². The van der Waals surface area contributed by atoms with Gasteiger partial charge in [-0.15, -0.1) is 0 Å². The van der Waals surface area contributed by atoms with E-state index in [1.807, 2.05) is 0 Å². The Morgan fingerprint density at radius 1 is 1.26 bits per heavy atom. The first-order valence-corrected chi connectivity index (χ1v) is 5.85. The molecule has 0 fully saturated rings. The molecule has 1 aromatic heterocycles. The van der Waals surface area contributed by atoms with Crippen LogP contribution in [0.2, 0.25) is 10.0 Å². The molecule has 3 N–H and O–H groups in total. The fraction of sp³-hybridized carbons (Fsp3) is 0. The number of nitrogens with two attached hydrogens (primary N) is 1. The number of nitrogens with zero attached hydrogens (tertiary/aromatic N) is 2. The molecule has 0 amide bonds. The number of halogens is 2. The molecule has 2 aromatic rings. The van der Waals surface area contributed by atoms with E-state index in [9.17, 15) is 10.1 Å². The number of nitrogen functional groups attached to an aromatic ring is 1. The predicted octanol–water partition coefficient (Wildman–Crippen LogP) is 3.62. The minimum absolute atomic E-state index is 0.0843. The zero-order valence-electron chi connectivity index (χ0n) is 9.43. The topological polar surface area (TPSA) is 94.1 Å². The van der Waals surface area contributed by atoms with Crippen LogP contribution in [0.15, 0.2) is 30.5 Å².